The van der Waals surface area contributed by atoms with Gasteiger partial charge in [0.25, 0.3) is 5.56 Å². The Bertz CT molecular complexity index is 523. The van der Waals surface area contributed by atoms with E-state index < -0.39 is 11.2 Å². The van der Waals surface area contributed by atoms with Crippen LogP contribution in [0.1, 0.15) is 5.82 Å². The molecule has 2 N–H and O–H groups in total. The minimum atomic E-state index is -0.436. The van der Waals surface area contributed by atoms with Crippen molar-refractivity contribution in [2.24, 2.45) is 0 Å². The Morgan fingerprint density at radius 2 is 2.29 bits per heavy atom. The predicted octanol–water partition coefficient (Wildman–Crippen LogP) is -0.692. The van der Waals surface area contributed by atoms with Crippen LogP contribution in [0.2, 0.25) is 0 Å². The third kappa shape index (κ3) is 1.63. The van der Waals surface area contributed by atoms with Gasteiger partial charge in [-0.25, -0.2) is 9.78 Å². The molecule has 0 bridgehead atoms. The topological polar surface area (TPSA) is 83.5 Å². The summed E-state index contributed by atoms with van der Waals surface area (Å²) in [6, 6.07) is 1.30. The number of nitrogens with zero attached hydrogens (tertiary/aromatic N) is 2. The summed E-state index contributed by atoms with van der Waals surface area (Å²) < 4.78 is 1.36. The molecule has 2 aromatic heterocycles. The Labute approximate surface area is 78.3 Å². The maximum absolute atomic E-state index is 11.2. The first-order chi connectivity index (χ1) is 6.75. The average Bonchev–Trinajstić information content (AvgIpc) is 2.62. The number of aromatic amines is 2. The molecule has 0 unspecified atom stereocenters. The molecule has 0 atom stereocenters. The van der Waals surface area contributed by atoms with Crippen molar-refractivity contribution in [2.45, 2.75) is 6.54 Å². The van der Waals surface area contributed by atoms with Gasteiger partial charge >= 0.3 is 5.69 Å². The van der Waals surface area contributed by atoms with E-state index in [1.54, 1.807) is 12.4 Å². The van der Waals surface area contributed by atoms with E-state index in [9.17, 15) is 9.59 Å². The molecule has 0 aromatic carbocycles. The van der Waals surface area contributed by atoms with Gasteiger partial charge in [0, 0.05) is 24.7 Å². The number of hydrogen-bond acceptors (Lipinski definition) is 3. The van der Waals surface area contributed by atoms with Gasteiger partial charge < -0.3 is 4.98 Å². The summed E-state index contributed by atoms with van der Waals surface area (Å²) in [5.74, 6) is 0.666. The number of aromatic nitrogens is 4. The van der Waals surface area contributed by atoms with Gasteiger partial charge in [-0.3, -0.25) is 14.3 Å². The van der Waals surface area contributed by atoms with Gasteiger partial charge in [-0.2, -0.15) is 0 Å². The largest absolute Gasteiger partial charge is 0.347 e. The molecule has 0 spiro atoms. The molecule has 2 rings (SSSR count). The first kappa shape index (κ1) is 8.49. The second-order valence-electron chi connectivity index (χ2n) is 2.77. The van der Waals surface area contributed by atoms with Crippen molar-refractivity contribution in [1.29, 1.82) is 0 Å². The maximum Gasteiger partial charge on any atom is 0.328 e. The van der Waals surface area contributed by atoms with Crippen LogP contribution in [0.4, 0.5) is 0 Å². The highest BCUT2D eigenvalue weighted by Crippen LogP contribution is 1.89. The zero-order chi connectivity index (χ0) is 9.97. The molecule has 0 aliphatic carbocycles. The fraction of sp³-hybridized carbons (Fsp3) is 0.125. The van der Waals surface area contributed by atoms with Crippen LogP contribution < -0.4 is 11.2 Å². The zero-order valence-corrected chi connectivity index (χ0v) is 7.23. The molecular weight excluding hydrogens is 184 g/mol. The Balaban J connectivity index is 2.35. The Morgan fingerprint density at radius 3 is 2.93 bits per heavy atom. The minimum absolute atomic E-state index is 0.322. The summed E-state index contributed by atoms with van der Waals surface area (Å²) in [4.78, 5) is 31.0. The lowest BCUT2D eigenvalue weighted by Crippen LogP contribution is -2.29. The molecule has 6 heteroatoms. The van der Waals surface area contributed by atoms with E-state index in [1.807, 2.05) is 0 Å². The van der Waals surface area contributed by atoms with E-state index in [4.69, 9.17) is 0 Å². The van der Waals surface area contributed by atoms with Crippen molar-refractivity contribution in [1.82, 2.24) is 19.5 Å². The monoisotopic (exact) mass is 192 g/mol. The van der Waals surface area contributed by atoms with Crippen molar-refractivity contribution >= 4 is 0 Å². The van der Waals surface area contributed by atoms with Gasteiger partial charge in [0.15, 0.2) is 0 Å². The number of H-pyrrole nitrogens is 2. The van der Waals surface area contributed by atoms with Crippen LogP contribution in [-0.2, 0) is 6.54 Å². The van der Waals surface area contributed by atoms with Crippen molar-refractivity contribution < 1.29 is 0 Å². The molecular formula is C8H8N4O2. The maximum atomic E-state index is 11.2. The molecule has 14 heavy (non-hydrogen) atoms. The molecule has 0 aliphatic rings. The van der Waals surface area contributed by atoms with Crippen LogP contribution in [0.3, 0.4) is 0 Å². The zero-order valence-electron chi connectivity index (χ0n) is 7.23. The van der Waals surface area contributed by atoms with Crippen LogP contribution in [0.25, 0.3) is 0 Å². The molecule has 0 radical (unpaired) electrons. The lowest BCUT2D eigenvalue weighted by atomic mass is 10.5. The van der Waals surface area contributed by atoms with Gasteiger partial charge in [0.05, 0.1) is 6.54 Å². The molecule has 0 aliphatic heterocycles. The lowest BCUT2D eigenvalue weighted by Gasteiger charge is -2.00. The Morgan fingerprint density at radius 1 is 1.43 bits per heavy atom. The number of nitrogens with one attached hydrogen (secondary N) is 2. The minimum Gasteiger partial charge on any atom is -0.347 e. The molecule has 6 nitrogen and oxygen atoms in total. The van der Waals surface area contributed by atoms with E-state index in [-0.39, 0.29) is 0 Å². The second kappa shape index (κ2) is 3.33. The van der Waals surface area contributed by atoms with Gasteiger partial charge in [0.1, 0.15) is 5.82 Å². The van der Waals surface area contributed by atoms with Crippen LogP contribution in [0, 0.1) is 0 Å². The highest BCUT2D eigenvalue weighted by molar-refractivity contribution is 4.91. The van der Waals surface area contributed by atoms with E-state index in [2.05, 4.69) is 15.0 Å². The smallest absolute Gasteiger partial charge is 0.328 e. The highest BCUT2D eigenvalue weighted by Gasteiger charge is 1.98. The quantitative estimate of drug-likeness (QED) is 0.660. The summed E-state index contributed by atoms with van der Waals surface area (Å²) >= 11 is 0. The van der Waals surface area contributed by atoms with Crippen molar-refractivity contribution in [3.8, 4) is 0 Å². The SMILES string of the molecule is O=c1ccn(Cc2ncc[nH]2)c(=O)[nH]1. The van der Waals surface area contributed by atoms with Crippen molar-refractivity contribution in [2.75, 3.05) is 0 Å². The molecule has 0 saturated carbocycles. The standard InChI is InChI=1S/C8H8N4O2/c13-7-1-4-12(8(14)11-7)5-6-9-2-3-10-6/h1-4H,5H2,(H,9,10)(H,11,13,14). The molecule has 2 heterocycles. The van der Waals surface area contributed by atoms with Gasteiger partial charge in [0.2, 0.25) is 0 Å². The van der Waals surface area contributed by atoms with E-state index in [1.165, 1.54) is 16.8 Å². The summed E-state index contributed by atoms with van der Waals surface area (Å²) in [6.07, 6.45) is 4.71. The van der Waals surface area contributed by atoms with Crippen LogP contribution >= 0.6 is 0 Å². The van der Waals surface area contributed by atoms with Crippen LogP contribution in [-0.4, -0.2) is 19.5 Å². The fourth-order valence-electron chi connectivity index (χ4n) is 1.11. The second-order valence-corrected chi connectivity index (χ2v) is 2.77. The van der Waals surface area contributed by atoms with Crippen molar-refractivity contribution in [3.63, 3.8) is 0 Å². The Kier molecular flexibility index (Phi) is 2.02. The molecule has 72 valence electrons. The summed E-state index contributed by atoms with van der Waals surface area (Å²) in [7, 11) is 0. The third-order valence-corrected chi connectivity index (χ3v) is 1.77. The predicted molar refractivity (Wildman–Crippen MR) is 49.0 cm³/mol. The molecule has 0 amide bonds. The molecule has 0 fully saturated rings. The van der Waals surface area contributed by atoms with Gasteiger partial charge in [-0.1, -0.05) is 0 Å². The summed E-state index contributed by atoms with van der Waals surface area (Å²) in [5.41, 5.74) is -0.834. The summed E-state index contributed by atoms with van der Waals surface area (Å²) in [6.45, 7) is 0.322. The molecule has 2 aromatic rings. The lowest BCUT2D eigenvalue weighted by molar-refractivity contribution is 0.693. The van der Waals surface area contributed by atoms with E-state index >= 15 is 0 Å². The van der Waals surface area contributed by atoms with Gasteiger partial charge in [-0.05, 0) is 0 Å². The van der Waals surface area contributed by atoms with E-state index in [0.717, 1.165) is 0 Å². The van der Waals surface area contributed by atoms with Crippen LogP contribution in [0.15, 0.2) is 34.2 Å². The molecule has 0 saturated heterocycles. The Hall–Kier alpha value is -2.11. The average molecular weight is 192 g/mol. The third-order valence-electron chi connectivity index (χ3n) is 1.77. The van der Waals surface area contributed by atoms with Gasteiger partial charge in [-0.15, -0.1) is 0 Å². The fourth-order valence-corrected chi connectivity index (χ4v) is 1.11. The normalized spacial score (nSPS) is 10.3. The first-order valence-corrected chi connectivity index (χ1v) is 4.04. The number of hydrogen-bond donors (Lipinski definition) is 2. The van der Waals surface area contributed by atoms with Crippen molar-refractivity contribution in [3.05, 3.63) is 51.3 Å². The first-order valence-electron chi connectivity index (χ1n) is 4.04. The highest BCUT2D eigenvalue weighted by atomic mass is 16.2. The summed E-state index contributed by atoms with van der Waals surface area (Å²) in [5, 5.41) is 0. The number of imidazole rings is 1. The van der Waals surface area contributed by atoms with E-state index in [0.29, 0.717) is 12.4 Å². The van der Waals surface area contributed by atoms with Crippen LogP contribution in [0.5, 0.6) is 0 Å². The number of rotatable bonds is 2.